The van der Waals surface area contributed by atoms with E-state index in [0.717, 1.165) is 38.2 Å². The molecule has 4 nitrogen and oxygen atoms in total. The molecular formula is C15H25N3O. The molecule has 4 heteroatoms. The van der Waals surface area contributed by atoms with Crippen molar-refractivity contribution in [2.75, 3.05) is 33.8 Å². The number of aryl methyl sites for hydroxylation is 1. The molecule has 1 fully saturated rings. The number of ether oxygens (including phenoxy) is 1. The van der Waals surface area contributed by atoms with Crippen LogP contribution >= 0.6 is 0 Å². The second-order valence-electron chi connectivity index (χ2n) is 5.28. The second kappa shape index (κ2) is 6.98. The van der Waals surface area contributed by atoms with E-state index in [1.54, 1.807) is 0 Å². The van der Waals surface area contributed by atoms with Crippen LogP contribution in [0.25, 0.3) is 0 Å². The molecule has 106 valence electrons. The van der Waals surface area contributed by atoms with Crippen molar-refractivity contribution in [3.8, 4) is 0 Å². The lowest BCUT2D eigenvalue weighted by molar-refractivity contribution is -0.0373. The van der Waals surface area contributed by atoms with E-state index in [1.165, 1.54) is 5.56 Å². The fourth-order valence-corrected chi connectivity index (χ4v) is 2.48. The molecule has 1 aliphatic rings. The summed E-state index contributed by atoms with van der Waals surface area (Å²) in [6, 6.07) is 4.63. The minimum absolute atomic E-state index is 0.247. The maximum Gasteiger partial charge on any atom is 0.0858 e. The minimum atomic E-state index is 0.247. The molecule has 1 aliphatic heterocycles. The third-order valence-electron chi connectivity index (χ3n) is 3.84. The van der Waals surface area contributed by atoms with Crippen molar-refractivity contribution in [2.45, 2.75) is 31.9 Å². The van der Waals surface area contributed by atoms with Crippen LogP contribution in [0.4, 0.5) is 0 Å². The van der Waals surface area contributed by atoms with E-state index in [9.17, 15) is 0 Å². The summed E-state index contributed by atoms with van der Waals surface area (Å²) in [6.07, 6.45) is 4.19. The Morgan fingerprint density at radius 1 is 1.53 bits per heavy atom. The van der Waals surface area contributed by atoms with Crippen LogP contribution in [0.15, 0.2) is 18.3 Å². The molecule has 1 N–H and O–H groups in total. The second-order valence-corrected chi connectivity index (χ2v) is 5.28. The van der Waals surface area contributed by atoms with Gasteiger partial charge in [-0.05, 0) is 32.1 Å². The van der Waals surface area contributed by atoms with Gasteiger partial charge in [0.05, 0.1) is 12.7 Å². The fourth-order valence-electron chi connectivity index (χ4n) is 2.48. The molecule has 0 radical (unpaired) electrons. The quantitative estimate of drug-likeness (QED) is 0.863. The summed E-state index contributed by atoms with van der Waals surface area (Å²) in [4.78, 5) is 6.87. The van der Waals surface area contributed by atoms with Crippen LogP contribution in [0.5, 0.6) is 0 Å². The molecule has 0 aliphatic carbocycles. The standard InChI is InChI=1S/C15H25N3O/c1-4-12-5-6-13(17-10-12)9-14(16-2)15-11-18(3)7-8-19-15/h5-6,10,14-16H,4,7-9,11H2,1-3H3. The average molecular weight is 263 g/mol. The Morgan fingerprint density at radius 3 is 2.95 bits per heavy atom. The van der Waals surface area contributed by atoms with Crippen LogP contribution in [0.1, 0.15) is 18.2 Å². The predicted octanol–water partition coefficient (Wildman–Crippen LogP) is 1.11. The van der Waals surface area contributed by atoms with E-state index in [-0.39, 0.29) is 6.10 Å². The zero-order valence-corrected chi connectivity index (χ0v) is 12.2. The number of aromatic nitrogens is 1. The molecule has 0 amide bonds. The van der Waals surface area contributed by atoms with Crippen LogP contribution in [0.2, 0.25) is 0 Å². The van der Waals surface area contributed by atoms with Gasteiger partial charge < -0.3 is 15.0 Å². The highest BCUT2D eigenvalue weighted by molar-refractivity contribution is 5.15. The van der Waals surface area contributed by atoms with Gasteiger partial charge in [-0.1, -0.05) is 13.0 Å². The van der Waals surface area contributed by atoms with Crippen molar-refractivity contribution in [1.29, 1.82) is 0 Å². The van der Waals surface area contributed by atoms with Gasteiger partial charge in [0.2, 0.25) is 0 Å². The van der Waals surface area contributed by atoms with Gasteiger partial charge in [0.15, 0.2) is 0 Å². The van der Waals surface area contributed by atoms with Gasteiger partial charge >= 0.3 is 0 Å². The van der Waals surface area contributed by atoms with Crippen molar-refractivity contribution in [3.63, 3.8) is 0 Å². The van der Waals surface area contributed by atoms with Crippen molar-refractivity contribution < 1.29 is 4.74 Å². The molecule has 2 atom stereocenters. The van der Waals surface area contributed by atoms with Crippen molar-refractivity contribution in [2.24, 2.45) is 0 Å². The summed E-state index contributed by atoms with van der Waals surface area (Å²) >= 11 is 0. The zero-order valence-electron chi connectivity index (χ0n) is 12.2. The topological polar surface area (TPSA) is 37.4 Å². The van der Waals surface area contributed by atoms with E-state index in [2.05, 4.69) is 41.3 Å². The summed E-state index contributed by atoms with van der Waals surface area (Å²) in [5, 5.41) is 3.38. The van der Waals surface area contributed by atoms with Crippen molar-refractivity contribution >= 4 is 0 Å². The Labute approximate surface area is 116 Å². The van der Waals surface area contributed by atoms with Crippen molar-refractivity contribution in [3.05, 3.63) is 29.6 Å². The number of likely N-dealkylation sites (N-methyl/N-ethyl adjacent to an activating group) is 2. The van der Waals surface area contributed by atoms with Gasteiger partial charge in [0.25, 0.3) is 0 Å². The summed E-state index contributed by atoms with van der Waals surface area (Å²) in [5.74, 6) is 0. The number of rotatable bonds is 5. The van der Waals surface area contributed by atoms with E-state index < -0.39 is 0 Å². The number of nitrogens with one attached hydrogen (secondary N) is 1. The Hall–Kier alpha value is -0.970. The highest BCUT2D eigenvalue weighted by Gasteiger charge is 2.26. The fraction of sp³-hybridized carbons (Fsp3) is 0.667. The van der Waals surface area contributed by atoms with Gasteiger partial charge in [-0.25, -0.2) is 0 Å². The molecule has 0 aromatic carbocycles. The molecule has 1 aromatic heterocycles. The van der Waals surface area contributed by atoms with E-state index in [4.69, 9.17) is 4.74 Å². The third-order valence-corrected chi connectivity index (χ3v) is 3.84. The molecule has 0 spiro atoms. The summed E-state index contributed by atoms with van der Waals surface area (Å²) in [6.45, 7) is 4.98. The Morgan fingerprint density at radius 2 is 2.37 bits per heavy atom. The lowest BCUT2D eigenvalue weighted by Gasteiger charge is -2.35. The molecule has 2 heterocycles. The molecule has 1 aromatic rings. The summed E-state index contributed by atoms with van der Waals surface area (Å²) in [5.41, 5.74) is 2.42. The van der Waals surface area contributed by atoms with Crippen LogP contribution in [-0.2, 0) is 17.6 Å². The summed E-state index contributed by atoms with van der Waals surface area (Å²) < 4.78 is 5.89. The molecule has 2 unspecified atom stereocenters. The highest BCUT2D eigenvalue weighted by Crippen LogP contribution is 2.12. The number of nitrogens with zero attached hydrogens (tertiary/aromatic N) is 2. The first-order chi connectivity index (χ1) is 9.22. The largest absolute Gasteiger partial charge is 0.374 e. The number of morpholine rings is 1. The first-order valence-electron chi connectivity index (χ1n) is 7.14. The normalized spacial score (nSPS) is 22.4. The SMILES string of the molecule is CCc1ccc(CC(NC)C2CN(C)CCO2)nc1. The van der Waals surface area contributed by atoms with Gasteiger partial charge in [-0.15, -0.1) is 0 Å². The molecule has 1 saturated heterocycles. The third kappa shape index (κ3) is 4.00. The minimum Gasteiger partial charge on any atom is -0.374 e. The zero-order chi connectivity index (χ0) is 13.7. The highest BCUT2D eigenvalue weighted by atomic mass is 16.5. The summed E-state index contributed by atoms with van der Waals surface area (Å²) in [7, 11) is 4.15. The Bertz CT molecular complexity index is 379. The van der Waals surface area contributed by atoms with Crippen LogP contribution in [0, 0.1) is 0 Å². The smallest absolute Gasteiger partial charge is 0.0858 e. The Balaban J connectivity index is 1.97. The average Bonchev–Trinajstić information content (AvgIpc) is 2.45. The lowest BCUT2D eigenvalue weighted by Crippen LogP contribution is -2.51. The molecule has 0 saturated carbocycles. The monoisotopic (exact) mass is 263 g/mol. The molecule has 19 heavy (non-hydrogen) atoms. The molecule has 2 rings (SSSR count). The van der Waals surface area contributed by atoms with Gasteiger partial charge in [-0.2, -0.15) is 0 Å². The number of hydrogen-bond donors (Lipinski definition) is 1. The van der Waals surface area contributed by atoms with Gasteiger partial charge in [-0.3, -0.25) is 4.98 Å². The number of pyridine rings is 1. The Kier molecular flexibility index (Phi) is 5.31. The maximum absolute atomic E-state index is 5.89. The molecule has 0 bridgehead atoms. The molecular weight excluding hydrogens is 238 g/mol. The van der Waals surface area contributed by atoms with Gasteiger partial charge in [0.1, 0.15) is 0 Å². The first kappa shape index (κ1) is 14.4. The lowest BCUT2D eigenvalue weighted by atomic mass is 10.0. The van der Waals surface area contributed by atoms with E-state index in [0.29, 0.717) is 6.04 Å². The first-order valence-corrected chi connectivity index (χ1v) is 7.14. The van der Waals surface area contributed by atoms with E-state index >= 15 is 0 Å². The van der Waals surface area contributed by atoms with Crippen LogP contribution < -0.4 is 5.32 Å². The van der Waals surface area contributed by atoms with Gasteiger partial charge in [0, 0.05) is 37.4 Å². The number of hydrogen-bond acceptors (Lipinski definition) is 4. The van der Waals surface area contributed by atoms with Crippen LogP contribution in [-0.4, -0.2) is 55.8 Å². The van der Waals surface area contributed by atoms with Crippen LogP contribution in [0.3, 0.4) is 0 Å². The maximum atomic E-state index is 5.89. The van der Waals surface area contributed by atoms with E-state index in [1.807, 2.05) is 13.2 Å². The predicted molar refractivity (Wildman–Crippen MR) is 77.4 cm³/mol. The van der Waals surface area contributed by atoms with Crippen molar-refractivity contribution in [1.82, 2.24) is 15.2 Å².